The number of carboxylic acid groups (broad SMARTS) is 1. The van der Waals surface area contributed by atoms with Gasteiger partial charge in [0.25, 0.3) is 0 Å². The molecule has 2 atom stereocenters. The van der Waals surface area contributed by atoms with E-state index in [0.717, 1.165) is 11.1 Å². The smallest absolute Gasteiger partial charge is 0.333 e. The maximum Gasteiger partial charge on any atom is 0.333 e. The van der Waals surface area contributed by atoms with Crippen molar-refractivity contribution in [1.29, 1.82) is 0 Å². The zero-order valence-corrected chi connectivity index (χ0v) is 13.6. The molecule has 0 saturated carbocycles. The summed E-state index contributed by atoms with van der Waals surface area (Å²) in [5, 5.41) is 9.10. The normalized spacial score (nSPS) is 12.9. The highest BCUT2D eigenvalue weighted by atomic mass is 16.5. The summed E-state index contributed by atoms with van der Waals surface area (Å²) >= 11 is 0. The first kappa shape index (κ1) is 17.8. The molecule has 2 aromatic carbocycles. The number of benzene rings is 1. The topological polar surface area (TPSA) is 81.8 Å². The van der Waals surface area contributed by atoms with Crippen molar-refractivity contribution in [3.63, 3.8) is 0 Å². The molecule has 0 fully saturated rings. The van der Waals surface area contributed by atoms with E-state index in [4.69, 9.17) is 20.3 Å². The molecule has 2 aromatic rings. The SMILES string of the molecule is CCOC(Cc1ccc(OCC(N)c2c#cccc2)cc1)C(=O)O. The van der Waals surface area contributed by atoms with Gasteiger partial charge < -0.3 is 20.3 Å². The molecule has 0 bridgehead atoms. The second-order valence-corrected chi connectivity index (χ2v) is 5.30. The molecule has 2 unspecified atom stereocenters. The minimum absolute atomic E-state index is 0.281. The van der Waals surface area contributed by atoms with Crippen molar-refractivity contribution in [2.24, 2.45) is 5.73 Å². The van der Waals surface area contributed by atoms with E-state index in [1.165, 1.54) is 0 Å². The molecule has 0 heterocycles. The van der Waals surface area contributed by atoms with E-state index in [1.54, 1.807) is 25.1 Å². The van der Waals surface area contributed by atoms with Crippen LogP contribution in [-0.4, -0.2) is 30.4 Å². The third-order valence-electron chi connectivity index (χ3n) is 3.49. The molecule has 2 rings (SSSR count). The fourth-order valence-corrected chi connectivity index (χ4v) is 2.21. The molecule has 126 valence electrons. The van der Waals surface area contributed by atoms with E-state index in [1.807, 2.05) is 24.3 Å². The van der Waals surface area contributed by atoms with Crippen molar-refractivity contribution >= 4 is 5.97 Å². The molecule has 0 aliphatic rings. The summed E-state index contributed by atoms with van der Waals surface area (Å²) in [6.07, 6.45) is -0.516. The molecule has 0 aliphatic heterocycles. The van der Waals surface area contributed by atoms with E-state index >= 15 is 0 Å². The van der Waals surface area contributed by atoms with E-state index in [-0.39, 0.29) is 6.04 Å². The Balaban J connectivity index is 1.89. The van der Waals surface area contributed by atoms with Crippen LogP contribution in [0, 0.1) is 12.1 Å². The van der Waals surface area contributed by atoms with E-state index in [2.05, 4.69) is 12.1 Å². The minimum Gasteiger partial charge on any atom is -0.492 e. The van der Waals surface area contributed by atoms with Crippen LogP contribution in [0.2, 0.25) is 0 Å². The van der Waals surface area contributed by atoms with Crippen molar-refractivity contribution in [3.8, 4) is 5.75 Å². The molecular formula is C19H21NO4. The van der Waals surface area contributed by atoms with Crippen molar-refractivity contribution in [1.82, 2.24) is 0 Å². The lowest BCUT2D eigenvalue weighted by Gasteiger charge is -2.14. The van der Waals surface area contributed by atoms with Gasteiger partial charge in [0, 0.05) is 18.6 Å². The third kappa shape index (κ3) is 5.27. The van der Waals surface area contributed by atoms with Gasteiger partial charge in [-0.05, 0) is 36.8 Å². The van der Waals surface area contributed by atoms with Crippen LogP contribution in [-0.2, 0) is 16.0 Å². The number of carboxylic acids is 1. The summed E-state index contributed by atoms with van der Waals surface area (Å²) in [4.78, 5) is 11.1. The van der Waals surface area contributed by atoms with E-state index in [9.17, 15) is 4.79 Å². The highest BCUT2D eigenvalue weighted by Crippen LogP contribution is 2.16. The number of nitrogens with two attached hydrogens (primary N) is 1. The average Bonchev–Trinajstić information content (AvgIpc) is 2.61. The quantitative estimate of drug-likeness (QED) is 0.739. The molecule has 24 heavy (non-hydrogen) atoms. The predicted molar refractivity (Wildman–Crippen MR) is 89.7 cm³/mol. The number of aliphatic carboxylic acids is 1. The lowest BCUT2D eigenvalue weighted by atomic mass is 10.1. The molecular weight excluding hydrogens is 306 g/mol. The lowest BCUT2D eigenvalue weighted by molar-refractivity contribution is -0.149. The van der Waals surface area contributed by atoms with Gasteiger partial charge in [0.15, 0.2) is 6.10 Å². The molecule has 5 heteroatoms. The fourth-order valence-electron chi connectivity index (χ4n) is 2.21. The number of hydrogen-bond acceptors (Lipinski definition) is 4. The standard InChI is InChI=1S/C19H21NO4/c1-2-23-18(19(21)22)12-14-8-10-16(11-9-14)24-13-17(20)15-6-4-3-5-7-15/h3-4,6,8-11,17-18H,2,12-13,20H2,1H3,(H,21,22). The molecule has 0 saturated heterocycles. The second kappa shape index (κ2) is 8.92. The summed E-state index contributed by atoms with van der Waals surface area (Å²) in [7, 11) is 0. The largest absolute Gasteiger partial charge is 0.492 e. The zero-order valence-electron chi connectivity index (χ0n) is 13.6. The van der Waals surface area contributed by atoms with E-state index in [0.29, 0.717) is 25.4 Å². The first-order chi connectivity index (χ1) is 11.6. The van der Waals surface area contributed by atoms with Crippen molar-refractivity contribution in [2.45, 2.75) is 25.5 Å². The van der Waals surface area contributed by atoms with Crippen LogP contribution in [0.15, 0.2) is 42.5 Å². The molecule has 3 N–H and O–H groups in total. The average molecular weight is 327 g/mol. The van der Waals surface area contributed by atoms with Crippen molar-refractivity contribution < 1.29 is 19.4 Å². The zero-order chi connectivity index (χ0) is 17.4. The van der Waals surface area contributed by atoms with Gasteiger partial charge in [-0.25, -0.2) is 4.79 Å². The molecule has 0 aliphatic carbocycles. The Morgan fingerprint density at radius 3 is 2.62 bits per heavy atom. The first-order valence-corrected chi connectivity index (χ1v) is 7.80. The first-order valence-electron chi connectivity index (χ1n) is 7.80. The third-order valence-corrected chi connectivity index (χ3v) is 3.49. The monoisotopic (exact) mass is 327 g/mol. The van der Waals surface area contributed by atoms with Crippen molar-refractivity contribution in [3.05, 3.63) is 65.7 Å². The number of rotatable bonds is 9. The lowest BCUT2D eigenvalue weighted by Crippen LogP contribution is -2.26. The Labute approximate surface area is 142 Å². The summed E-state index contributed by atoms with van der Waals surface area (Å²) in [6, 6.07) is 18.3. The Morgan fingerprint density at radius 1 is 1.29 bits per heavy atom. The van der Waals surface area contributed by atoms with Crippen LogP contribution in [0.3, 0.4) is 0 Å². The minimum atomic E-state index is -0.959. The second-order valence-electron chi connectivity index (χ2n) is 5.30. The summed E-state index contributed by atoms with van der Waals surface area (Å²) in [6.45, 7) is 2.46. The predicted octanol–water partition coefficient (Wildman–Crippen LogP) is 2.40. The highest BCUT2D eigenvalue weighted by molar-refractivity contribution is 5.72. The Morgan fingerprint density at radius 2 is 2.04 bits per heavy atom. The van der Waals surface area contributed by atoms with Gasteiger partial charge in [-0.2, -0.15) is 0 Å². The van der Waals surface area contributed by atoms with Crippen LogP contribution in [0.5, 0.6) is 5.75 Å². The van der Waals surface area contributed by atoms with Gasteiger partial charge in [-0.1, -0.05) is 30.3 Å². The molecule has 0 spiro atoms. The molecule has 5 nitrogen and oxygen atoms in total. The van der Waals surface area contributed by atoms with Crippen LogP contribution >= 0.6 is 0 Å². The van der Waals surface area contributed by atoms with Gasteiger partial charge in [-0.15, -0.1) is 0 Å². The summed E-state index contributed by atoms with van der Waals surface area (Å²) in [5.41, 5.74) is 7.76. The molecule has 0 aromatic heterocycles. The Kier molecular flexibility index (Phi) is 6.62. The van der Waals surface area contributed by atoms with Gasteiger partial charge in [-0.3, -0.25) is 0 Å². The number of hydrogen-bond donors (Lipinski definition) is 2. The number of ether oxygens (including phenoxy) is 2. The maximum absolute atomic E-state index is 11.1. The fraction of sp³-hybridized carbons (Fsp3) is 0.316. The summed E-state index contributed by atoms with van der Waals surface area (Å²) < 4.78 is 10.9. The van der Waals surface area contributed by atoms with Gasteiger partial charge in [0.05, 0.1) is 6.04 Å². The Hall–Kier alpha value is -2.55. The van der Waals surface area contributed by atoms with Gasteiger partial charge >= 0.3 is 5.97 Å². The Bertz CT molecular complexity index is 628. The molecule has 0 amide bonds. The number of carbonyl (C=O) groups is 1. The van der Waals surface area contributed by atoms with E-state index < -0.39 is 12.1 Å². The van der Waals surface area contributed by atoms with Crippen LogP contribution in [0.1, 0.15) is 24.1 Å². The molecule has 0 radical (unpaired) electrons. The van der Waals surface area contributed by atoms with Crippen molar-refractivity contribution in [2.75, 3.05) is 13.2 Å². The van der Waals surface area contributed by atoms with Crippen LogP contribution in [0.4, 0.5) is 0 Å². The van der Waals surface area contributed by atoms with Crippen LogP contribution < -0.4 is 10.5 Å². The summed E-state index contributed by atoms with van der Waals surface area (Å²) in [5.74, 6) is -0.281. The highest BCUT2D eigenvalue weighted by Gasteiger charge is 2.17. The van der Waals surface area contributed by atoms with Gasteiger partial charge in [0.1, 0.15) is 12.4 Å². The maximum atomic E-state index is 11.1. The van der Waals surface area contributed by atoms with Gasteiger partial charge in [0.2, 0.25) is 0 Å². The van der Waals surface area contributed by atoms with Crippen LogP contribution in [0.25, 0.3) is 0 Å².